The molecule has 0 bridgehead atoms. The van der Waals surface area contributed by atoms with Gasteiger partial charge in [0.25, 0.3) is 5.91 Å². The van der Waals surface area contributed by atoms with E-state index in [1.54, 1.807) is 12.3 Å². The highest BCUT2D eigenvalue weighted by Crippen LogP contribution is 2.20. The quantitative estimate of drug-likeness (QED) is 0.701. The monoisotopic (exact) mass is 345 g/mol. The van der Waals surface area contributed by atoms with E-state index < -0.39 is 0 Å². The van der Waals surface area contributed by atoms with E-state index in [0.717, 1.165) is 17.9 Å². The van der Waals surface area contributed by atoms with E-state index in [4.69, 9.17) is 0 Å². The molecule has 0 unspecified atom stereocenters. The third kappa shape index (κ3) is 4.48. The first-order valence-corrected chi connectivity index (χ1v) is 8.76. The molecule has 4 nitrogen and oxygen atoms in total. The molecule has 0 saturated heterocycles. The zero-order chi connectivity index (χ0) is 18.4. The lowest BCUT2D eigenvalue weighted by molar-refractivity contribution is 0.102. The highest BCUT2D eigenvalue weighted by atomic mass is 16.1. The SMILES string of the molecule is CC(C)N(Cc1ccccc1)c1ccc(C(=O)Nc2ccccc2)nc1. The van der Waals surface area contributed by atoms with Crippen LogP contribution in [0.4, 0.5) is 11.4 Å². The van der Waals surface area contributed by atoms with Gasteiger partial charge in [-0.1, -0.05) is 48.5 Å². The van der Waals surface area contributed by atoms with Crippen LogP contribution in [0.15, 0.2) is 79.0 Å². The number of hydrogen-bond donors (Lipinski definition) is 1. The van der Waals surface area contributed by atoms with Crippen LogP contribution in [0, 0.1) is 0 Å². The van der Waals surface area contributed by atoms with Crippen LogP contribution < -0.4 is 10.2 Å². The fourth-order valence-corrected chi connectivity index (χ4v) is 2.76. The van der Waals surface area contributed by atoms with Crippen molar-refractivity contribution in [3.63, 3.8) is 0 Å². The Morgan fingerprint density at radius 1 is 0.962 bits per heavy atom. The van der Waals surface area contributed by atoms with Crippen molar-refractivity contribution in [1.29, 1.82) is 0 Å². The Morgan fingerprint density at radius 2 is 1.62 bits per heavy atom. The van der Waals surface area contributed by atoms with E-state index in [9.17, 15) is 4.79 Å². The summed E-state index contributed by atoms with van der Waals surface area (Å²) >= 11 is 0. The smallest absolute Gasteiger partial charge is 0.274 e. The van der Waals surface area contributed by atoms with Crippen LogP contribution in [0.1, 0.15) is 29.9 Å². The minimum atomic E-state index is -0.207. The van der Waals surface area contributed by atoms with Gasteiger partial charge in [-0.15, -0.1) is 0 Å². The van der Waals surface area contributed by atoms with E-state index in [1.165, 1.54) is 5.56 Å². The first-order chi connectivity index (χ1) is 12.6. The molecule has 0 aliphatic heterocycles. The normalized spacial score (nSPS) is 10.6. The summed E-state index contributed by atoms with van der Waals surface area (Å²) in [6.07, 6.45) is 1.77. The van der Waals surface area contributed by atoms with Crippen molar-refractivity contribution in [2.75, 3.05) is 10.2 Å². The van der Waals surface area contributed by atoms with Gasteiger partial charge in [-0.2, -0.15) is 0 Å². The Balaban J connectivity index is 1.73. The van der Waals surface area contributed by atoms with Crippen molar-refractivity contribution < 1.29 is 4.79 Å². The van der Waals surface area contributed by atoms with Crippen molar-refractivity contribution in [2.45, 2.75) is 26.4 Å². The summed E-state index contributed by atoms with van der Waals surface area (Å²) in [5.74, 6) is -0.207. The summed E-state index contributed by atoms with van der Waals surface area (Å²) in [6, 6.07) is 23.8. The van der Waals surface area contributed by atoms with Gasteiger partial charge in [-0.25, -0.2) is 4.98 Å². The van der Waals surface area contributed by atoms with Gasteiger partial charge in [0.05, 0.1) is 11.9 Å². The zero-order valence-electron chi connectivity index (χ0n) is 15.1. The summed E-state index contributed by atoms with van der Waals surface area (Å²) < 4.78 is 0. The number of carbonyl (C=O) groups is 1. The topological polar surface area (TPSA) is 45.2 Å². The number of carbonyl (C=O) groups excluding carboxylic acids is 1. The van der Waals surface area contributed by atoms with Crippen molar-refractivity contribution >= 4 is 17.3 Å². The van der Waals surface area contributed by atoms with Crippen molar-refractivity contribution in [2.24, 2.45) is 0 Å². The molecular formula is C22H23N3O. The molecule has 0 saturated carbocycles. The maximum atomic E-state index is 12.3. The van der Waals surface area contributed by atoms with Gasteiger partial charge in [0.1, 0.15) is 5.69 Å². The van der Waals surface area contributed by atoms with Crippen LogP contribution in [-0.4, -0.2) is 16.9 Å². The van der Waals surface area contributed by atoms with Gasteiger partial charge in [-0.05, 0) is 43.7 Å². The van der Waals surface area contributed by atoms with E-state index in [1.807, 2.05) is 54.6 Å². The summed E-state index contributed by atoms with van der Waals surface area (Å²) in [5, 5.41) is 2.85. The van der Waals surface area contributed by atoms with Crippen LogP contribution in [0.25, 0.3) is 0 Å². The third-order valence-corrected chi connectivity index (χ3v) is 4.16. The largest absolute Gasteiger partial charge is 0.364 e. The third-order valence-electron chi connectivity index (χ3n) is 4.16. The molecule has 3 aromatic rings. The van der Waals surface area contributed by atoms with Crippen molar-refractivity contribution in [3.8, 4) is 0 Å². The molecule has 0 aliphatic carbocycles. The minimum absolute atomic E-state index is 0.207. The Bertz CT molecular complexity index is 830. The Labute approximate surface area is 154 Å². The second-order valence-electron chi connectivity index (χ2n) is 6.43. The molecule has 1 heterocycles. The van der Waals surface area contributed by atoms with Crippen LogP contribution >= 0.6 is 0 Å². The summed E-state index contributed by atoms with van der Waals surface area (Å²) in [7, 11) is 0. The van der Waals surface area contributed by atoms with Crippen LogP contribution in [-0.2, 0) is 6.54 Å². The maximum absolute atomic E-state index is 12.3. The number of nitrogens with zero attached hydrogens (tertiary/aromatic N) is 2. The van der Waals surface area contributed by atoms with Crippen LogP contribution in [0.2, 0.25) is 0 Å². The zero-order valence-corrected chi connectivity index (χ0v) is 15.1. The first kappa shape index (κ1) is 17.7. The van der Waals surface area contributed by atoms with Gasteiger partial charge >= 0.3 is 0 Å². The van der Waals surface area contributed by atoms with Gasteiger partial charge in [0.2, 0.25) is 0 Å². The Morgan fingerprint density at radius 3 is 2.19 bits per heavy atom. The number of hydrogen-bond acceptors (Lipinski definition) is 3. The number of nitrogens with one attached hydrogen (secondary N) is 1. The molecule has 132 valence electrons. The van der Waals surface area contributed by atoms with Gasteiger partial charge in [-0.3, -0.25) is 4.79 Å². The highest BCUT2D eigenvalue weighted by molar-refractivity contribution is 6.02. The predicted molar refractivity (Wildman–Crippen MR) is 106 cm³/mol. The van der Waals surface area contributed by atoms with Crippen molar-refractivity contribution in [1.82, 2.24) is 4.98 Å². The summed E-state index contributed by atoms with van der Waals surface area (Å²) in [5.41, 5.74) is 3.41. The summed E-state index contributed by atoms with van der Waals surface area (Å²) in [4.78, 5) is 19.0. The molecule has 0 atom stereocenters. The fraction of sp³-hybridized carbons (Fsp3) is 0.182. The molecule has 2 aromatic carbocycles. The molecule has 1 N–H and O–H groups in total. The van der Waals surface area contributed by atoms with Gasteiger partial charge < -0.3 is 10.2 Å². The second-order valence-corrected chi connectivity index (χ2v) is 6.43. The molecule has 4 heteroatoms. The van der Waals surface area contributed by atoms with Gasteiger partial charge in [0.15, 0.2) is 0 Å². The number of anilines is 2. The standard InChI is InChI=1S/C22H23N3O/c1-17(2)25(16-18-9-5-3-6-10-18)20-13-14-21(23-15-20)22(26)24-19-11-7-4-8-12-19/h3-15,17H,16H2,1-2H3,(H,24,26). The van der Waals surface area contributed by atoms with Crippen LogP contribution in [0.5, 0.6) is 0 Å². The first-order valence-electron chi connectivity index (χ1n) is 8.76. The number of para-hydroxylation sites is 1. The number of rotatable bonds is 6. The predicted octanol–water partition coefficient (Wildman–Crippen LogP) is 4.75. The lowest BCUT2D eigenvalue weighted by atomic mass is 10.1. The molecular weight excluding hydrogens is 322 g/mol. The van der Waals surface area contributed by atoms with E-state index in [-0.39, 0.29) is 5.91 Å². The number of pyridine rings is 1. The number of amides is 1. The van der Waals surface area contributed by atoms with Crippen molar-refractivity contribution in [3.05, 3.63) is 90.3 Å². The highest BCUT2D eigenvalue weighted by Gasteiger charge is 2.13. The van der Waals surface area contributed by atoms with Gasteiger partial charge in [0, 0.05) is 18.3 Å². The van der Waals surface area contributed by atoms with E-state index >= 15 is 0 Å². The lowest BCUT2D eigenvalue weighted by Crippen LogP contribution is -2.30. The van der Waals surface area contributed by atoms with E-state index in [2.05, 4.69) is 41.2 Å². The maximum Gasteiger partial charge on any atom is 0.274 e. The molecule has 0 aliphatic rings. The fourth-order valence-electron chi connectivity index (χ4n) is 2.76. The summed E-state index contributed by atoms with van der Waals surface area (Å²) in [6.45, 7) is 5.10. The number of aromatic nitrogens is 1. The lowest BCUT2D eigenvalue weighted by Gasteiger charge is -2.29. The Hall–Kier alpha value is -3.14. The molecule has 0 fully saturated rings. The Kier molecular flexibility index (Phi) is 5.64. The minimum Gasteiger partial charge on any atom is -0.364 e. The van der Waals surface area contributed by atoms with E-state index in [0.29, 0.717) is 11.7 Å². The molecule has 1 amide bonds. The average Bonchev–Trinajstić information content (AvgIpc) is 2.67. The molecule has 0 spiro atoms. The second kappa shape index (κ2) is 8.30. The van der Waals surface area contributed by atoms with Crippen LogP contribution in [0.3, 0.4) is 0 Å². The average molecular weight is 345 g/mol. The molecule has 3 rings (SSSR count). The number of benzene rings is 2. The molecule has 0 radical (unpaired) electrons. The molecule has 1 aromatic heterocycles. The molecule has 26 heavy (non-hydrogen) atoms.